The minimum absolute atomic E-state index is 0.0248. The first-order chi connectivity index (χ1) is 12.9. The molecule has 1 aliphatic heterocycles. The highest BCUT2D eigenvalue weighted by molar-refractivity contribution is 5.78. The highest BCUT2D eigenvalue weighted by Gasteiger charge is 2.35. The van der Waals surface area contributed by atoms with Crippen LogP contribution in [0.3, 0.4) is 0 Å². The van der Waals surface area contributed by atoms with Crippen molar-refractivity contribution in [2.45, 2.75) is 45.1 Å². The van der Waals surface area contributed by atoms with Crippen molar-refractivity contribution in [3.63, 3.8) is 0 Å². The van der Waals surface area contributed by atoms with Crippen LogP contribution in [0.25, 0.3) is 0 Å². The Morgan fingerprint density at radius 3 is 2.70 bits per heavy atom. The van der Waals surface area contributed by atoms with Gasteiger partial charge < -0.3 is 20.2 Å². The van der Waals surface area contributed by atoms with E-state index >= 15 is 0 Å². The number of piperazine rings is 1. The number of carbonyl (C=O) groups is 1. The van der Waals surface area contributed by atoms with Crippen molar-refractivity contribution in [3.8, 4) is 5.75 Å². The van der Waals surface area contributed by atoms with Crippen molar-refractivity contribution in [1.29, 1.82) is 0 Å². The number of rotatable bonds is 5. The summed E-state index contributed by atoms with van der Waals surface area (Å²) in [6.07, 6.45) is 5.70. The van der Waals surface area contributed by atoms with Crippen LogP contribution in [0.1, 0.15) is 39.5 Å². The van der Waals surface area contributed by atoms with E-state index in [1.165, 1.54) is 11.8 Å². The molecule has 27 heavy (non-hydrogen) atoms. The highest BCUT2D eigenvalue weighted by Crippen LogP contribution is 2.37. The smallest absolute Gasteiger partial charge is 0.236 e. The number of carbonyl (C=O) groups excluding carboxylic acids is 1. The van der Waals surface area contributed by atoms with E-state index in [1.54, 1.807) is 6.07 Å². The van der Waals surface area contributed by atoms with Crippen molar-refractivity contribution in [2.24, 2.45) is 5.92 Å². The van der Waals surface area contributed by atoms with E-state index in [0.29, 0.717) is 25.6 Å². The van der Waals surface area contributed by atoms with Gasteiger partial charge in [0.25, 0.3) is 0 Å². The highest BCUT2D eigenvalue weighted by atomic mass is 16.3. The number of nitrogens with one attached hydrogen (secondary N) is 1. The molecule has 3 rings (SSSR count). The Hall–Kier alpha value is -2.08. The number of nitrogens with zero attached hydrogens (tertiary/aromatic N) is 3. The van der Waals surface area contributed by atoms with Gasteiger partial charge in [0.15, 0.2) is 0 Å². The molecular formula is C21H32N4O2. The minimum Gasteiger partial charge on any atom is -0.506 e. The van der Waals surface area contributed by atoms with Gasteiger partial charge in [0.2, 0.25) is 5.91 Å². The lowest BCUT2D eigenvalue weighted by Gasteiger charge is -2.42. The van der Waals surface area contributed by atoms with Crippen LogP contribution >= 0.6 is 0 Å². The normalized spacial score (nSPS) is 26.3. The maximum atomic E-state index is 12.7. The first-order valence-electron chi connectivity index (χ1n) is 10.0. The first kappa shape index (κ1) is 19.7. The van der Waals surface area contributed by atoms with Gasteiger partial charge in [0.05, 0.1) is 12.7 Å². The minimum atomic E-state index is 0.0248. The zero-order chi connectivity index (χ0) is 19.4. The summed E-state index contributed by atoms with van der Waals surface area (Å²) in [5, 5.41) is 12.9. The molecule has 0 bridgehead atoms. The van der Waals surface area contributed by atoms with E-state index < -0.39 is 0 Å². The summed E-state index contributed by atoms with van der Waals surface area (Å²) in [7, 11) is 0. The van der Waals surface area contributed by atoms with Crippen LogP contribution in [0.15, 0.2) is 30.5 Å². The van der Waals surface area contributed by atoms with Gasteiger partial charge in [-0.1, -0.05) is 26.0 Å². The Morgan fingerprint density at radius 1 is 1.37 bits per heavy atom. The number of pyridine rings is 1. The molecule has 1 saturated carbocycles. The number of hydrogen-bond acceptors (Lipinski definition) is 5. The lowest BCUT2D eigenvalue weighted by atomic mass is 9.73. The Balaban J connectivity index is 1.49. The summed E-state index contributed by atoms with van der Waals surface area (Å²) < 4.78 is 0. The molecule has 2 unspecified atom stereocenters. The van der Waals surface area contributed by atoms with E-state index in [4.69, 9.17) is 0 Å². The number of aromatic nitrogens is 1. The van der Waals surface area contributed by atoms with Gasteiger partial charge in [-0.2, -0.15) is 0 Å². The lowest BCUT2D eigenvalue weighted by molar-refractivity contribution is -0.131. The van der Waals surface area contributed by atoms with Gasteiger partial charge in [-0.05, 0) is 43.7 Å². The molecule has 0 aromatic carbocycles. The van der Waals surface area contributed by atoms with Crippen molar-refractivity contribution >= 4 is 11.7 Å². The maximum absolute atomic E-state index is 12.7. The van der Waals surface area contributed by atoms with E-state index in [2.05, 4.69) is 35.6 Å². The van der Waals surface area contributed by atoms with Crippen LogP contribution < -0.4 is 10.2 Å². The monoisotopic (exact) mass is 372 g/mol. The molecule has 2 N–H and O–H groups in total. The Kier molecular flexibility index (Phi) is 6.05. The molecule has 0 radical (unpaired) electrons. The summed E-state index contributed by atoms with van der Waals surface area (Å²) in [6, 6.07) is 3.46. The summed E-state index contributed by atoms with van der Waals surface area (Å²) in [6.45, 7) is 12.0. The molecule has 6 heteroatoms. The largest absolute Gasteiger partial charge is 0.506 e. The third-order valence-corrected chi connectivity index (χ3v) is 6.30. The van der Waals surface area contributed by atoms with Crippen LogP contribution in [0.4, 0.5) is 5.82 Å². The van der Waals surface area contributed by atoms with Gasteiger partial charge in [0.1, 0.15) is 11.6 Å². The fourth-order valence-electron chi connectivity index (χ4n) is 4.10. The quantitative estimate of drug-likeness (QED) is 0.778. The molecule has 2 heterocycles. The average Bonchev–Trinajstić information content (AvgIpc) is 2.69. The van der Waals surface area contributed by atoms with Gasteiger partial charge in [-0.15, -0.1) is 0 Å². The predicted octanol–water partition coefficient (Wildman–Crippen LogP) is 2.55. The number of amides is 1. The topological polar surface area (TPSA) is 68.7 Å². The van der Waals surface area contributed by atoms with E-state index in [9.17, 15) is 9.90 Å². The van der Waals surface area contributed by atoms with Crippen molar-refractivity contribution in [3.05, 3.63) is 30.5 Å². The van der Waals surface area contributed by atoms with Crippen LogP contribution in [0, 0.1) is 5.92 Å². The van der Waals surface area contributed by atoms with Crippen LogP contribution in [0.2, 0.25) is 0 Å². The first-order valence-corrected chi connectivity index (χ1v) is 10.0. The van der Waals surface area contributed by atoms with Crippen molar-refractivity contribution < 1.29 is 9.90 Å². The molecule has 2 aliphatic rings. The zero-order valence-corrected chi connectivity index (χ0v) is 16.6. The van der Waals surface area contributed by atoms with Crippen molar-refractivity contribution in [1.82, 2.24) is 15.2 Å². The Morgan fingerprint density at radius 2 is 2.11 bits per heavy atom. The molecule has 1 saturated heterocycles. The van der Waals surface area contributed by atoms with Crippen LogP contribution in [0.5, 0.6) is 5.75 Å². The second-order valence-electron chi connectivity index (χ2n) is 8.00. The fraction of sp³-hybridized carbons (Fsp3) is 0.619. The average molecular weight is 373 g/mol. The summed E-state index contributed by atoms with van der Waals surface area (Å²) >= 11 is 0. The summed E-state index contributed by atoms with van der Waals surface area (Å²) in [5.74, 6) is 1.77. The van der Waals surface area contributed by atoms with Gasteiger partial charge in [0, 0.05) is 31.7 Å². The lowest BCUT2D eigenvalue weighted by Crippen LogP contribution is -2.55. The molecule has 1 aliphatic carbocycles. The van der Waals surface area contributed by atoms with Gasteiger partial charge in [-0.3, -0.25) is 4.79 Å². The SMILES string of the molecule is C=C1CC(CC)(NCC(=O)N2CCN(c3ccc(O)cn3)CC2)CCC1C. The Labute approximate surface area is 162 Å². The van der Waals surface area contributed by atoms with E-state index in [1.807, 2.05) is 11.0 Å². The van der Waals surface area contributed by atoms with Crippen molar-refractivity contribution in [2.75, 3.05) is 37.6 Å². The summed E-state index contributed by atoms with van der Waals surface area (Å²) in [4.78, 5) is 21.0. The fourth-order valence-corrected chi connectivity index (χ4v) is 4.10. The van der Waals surface area contributed by atoms with E-state index in [0.717, 1.165) is 44.6 Å². The molecule has 2 fully saturated rings. The molecule has 6 nitrogen and oxygen atoms in total. The predicted molar refractivity (Wildman–Crippen MR) is 108 cm³/mol. The van der Waals surface area contributed by atoms with Gasteiger partial charge in [-0.25, -0.2) is 4.98 Å². The van der Waals surface area contributed by atoms with Crippen LogP contribution in [-0.2, 0) is 4.79 Å². The molecule has 148 valence electrons. The van der Waals surface area contributed by atoms with E-state index in [-0.39, 0.29) is 17.2 Å². The third kappa shape index (κ3) is 4.61. The van der Waals surface area contributed by atoms with Gasteiger partial charge >= 0.3 is 0 Å². The molecule has 1 amide bonds. The number of anilines is 1. The standard InChI is InChI=1S/C21H32N4O2/c1-4-21(8-7-16(2)17(3)13-21)23-15-20(27)25-11-9-24(10-12-25)19-6-5-18(26)14-22-19/h5-6,14,16,23,26H,3-4,7-13,15H2,1-2H3. The molecule has 0 spiro atoms. The second-order valence-corrected chi connectivity index (χ2v) is 8.00. The third-order valence-electron chi connectivity index (χ3n) is 6.30. The molecule has 1 aromatic heterocycles. The Bertz CT molecular complexity index is 667. The second kappa shape index (κ2) is 8.30. The molecule has 2 atom stereocenters. The molecule has 1 aromatic rings. The van der Waals surface area contributed by atoms with Crippen LogP contribution in [-0.4, -0.2) is 59.2 Å². The number of aromatic hydroxyl groups is 1. The summed E-state index contributed by atoms with van der Waals surface area (Å²) in [5.41, 5.74) is 1.33. The molecular weight excluding hydrogens is 340 g/mol. The maximum Gasteiger partial charge on any atom is 0.236 e. The number of hydrogen-bond donors (Lipinski definition) is 2. The zero-order valence-electron chi connectivity index (χ0n) is 16.6.